The number of carbonyl (C=O) groups excluding carboxylic acids is 1. The molecule has 1 unspecified atom stereocenters. The molecule has 0 saturated carbocycles. The number of methoxy groups -OCH3 is 2. The van der Waals surface area contributed by atoms with Gasteiger partial charge in [0.1, 0.15) is 23.8 Å². The molecule has 0 bridgehead atoms. The minimum Gasteiger partial charge on any atom is -0.497 e. The highest BCUT2D eigenvalue weighted by molar-refractivity contribution is 7.54. The monoisotopic (exact) mass is 1020 g/mol. The molecule has 1 heterocycles. The van der Waals surface area contributed by atoms with Crippen LogP contribution in [0, 0.1) is 0 Å². The van der Waals surface area contributed by atoms with E-state index in [9.17, 15) is 9.36 Å². The topological polar surface area (TPSA) is 117 Å². The first-order valence-electron chi connectivity index (χ1n) is 25.2. The average Bonchev–Trinajstić information content (AvgIpc) is 3.34. The van der Waals surface area contributed by atoms with Gasteiger partial charge in [-0.05, 0) is 104 Å². The van der Waals surface area contributed by atoms with E-state index in [1.807, 2.05) is 55.5 Å². The Morgan fingerprint density at radius 1 is 0.792 bits per heavy atom. The number of esters is 1. The lowest BCUT2D eigenvalue weighted by Gasteiger charge is -2.42. The zero-order valence-electron chi connectivity index (χ0n) is 44.1. The van der Waals surface area contributed by atoms with E-state index in [2.05, 4.69) is 119 Å². The van der Waals surface area contributed by atoms with Crippen LogP contribution in [0.5, 0.6) is 11.5 Å². The number of benzene rings is 4. The van der Waals surface area contributed by atoms with Crippen molar-refractivity contribution in [3.05, 3.63) is 168 Å². The van der Waals surface area contributed by atoms with Crippen molar-refractivity contribution in [1.82, 2.24) is 0 Å². The van der Waals surface area contributed by atoms with Crippen LogP contribution in [0.3, 0.4) is 0 Å². The van der Waals surface area contributed by atoms with E-state index in [1.165, 1.54) is 15.9 Å². The van der Waals surface area contributed by atoms with Gasteiger partial charge in [0, 0.05) is 6.42 Å². The summed E-state index contributed by atoms with van der Waals surface area (Å²) in [6.45, 7) is 20.4. The SMILES string of the molecule is C=C1C[C@@H](C/C=C/C(C/C(C)=C\CO[Si](c2ccccc2)(c2ccccc2)C(C)(C)C)OCc2ccc(OC)cc2)O[C@@H](/C=C(\C)C[C@H](COCc2ccc(OC)cc2)OC(=O)CP(=O)(OCC)OCC)C1. The minimum atomic E-state index is -3.67. The van der Waals surface area contributed by atoms with Gasteiger partial charge in [-0.1, -0.05) is 153 Å². The van der Waals surface area contributed by atoms with E-state index in [-0.39, 0.29) is 43.2 Å². The Kier molecular flexibility index (Phi) is 23.5. The molecule has 0 spiro atoms. The van der Waals surface area contributed by atoms with Crippen molar-refractivity contribution in [2.24, 2.45) is 0 Å². The van der Waals surface area contributed by atoms with Crippen LogP contribution in [-0.4, -0.2) is 85.5 Å². The van der Waals surface area contributed by atoms with Crippen molar-refractivity contribution in [1.29, 1.82) is 0 Å². The maximum atomic E-state index is 13.2. The molecular formula is C59H79O11PSi. The second-order valence-corrected chi connectivity index (χ2v) is 25.7. The average molecular weight is 1020 g/mol. The number of ether oxygens (including phenoxy) is 6. The fourth-order valence-electron chi connectivity index (χ4n) is 9.04. The van der Waals surface area contributed by atoms with Crippen LogP contribution in [-0.2, 0) is 55.0 Å². The van der Waals surface area contributed by atoms with Crippen LogP contribution in [0.25, 0.3) is 0 Å². The summed E-state index contributed by atoms with van der Waals surface area (Å²) in [5, 5.41) is 2.37. The molecule has 13 heteroatoms. The van der Waals surface area contributed by atoms with E-state index in [0.717, 1.165) is 40.2 Å². The molecule has 5 rings (SSSR count). The normalized spacial score (nSPS) is 16.9. The van der Waals surface area contributed by atoms with Crippen molar-refractivity contribution in [3.63, 3.8) is 0 Å². The number of hydrogen-bond donors (Lipinski definition) is 0. The maximum absolute atomic E-state index is 13.2. The molecule has 1 aliphatic rings. The summed E-state index contributed by atoms with van der Waals surface area (Å²) in [6.07, 6.45) is 10.1. The molecule has 4 atom stereocenters. The van der Waals surface area contributed by atoms with E-state index >= 15 is 0 Å². The molecule has 1 saturated heterocycles. The van der Waals surface area contributed by atoms with E-state index < -0.39 is 34.1 Å². The largest absolute Gasteiger partial charge is 0.497 e. The number of hydrogen-bond acceptors (Lipinski definition) is 11. The third-order valence-corrected chi connectivity index (χ3v) is 19.4. The van der Waals surface area contributed by atoms with Gasteiger partial charge in [0.2, 0.25) is 0 Å². The second kappa shape index (κ2) is 29.1. The molecule has 11 nitrogen and oxygen atoms in total. The van der Waals surface area contributed by atoms with Gasteiger partial charge in [0.15, 0.2) is 0 Å². The van der Waals surface area contributed by atoms with Crippen molar-refractivity contribution in [3.8, 4) is 11.5 Å². The fourth-order valence-corrected chi connectivity index (χ4v) is 15.0. The molecule has 0 N–H and O–H groups in total. The predicted molar refractivity (Wildman–Crippen MR) is 291 cm³/mol. The Balaban J connectivity index is 1.27. The molecule has 4 aromatic carbocycles. The van der Waals surface area contributed by atoms with Gasteiger partial charge < -0.3 is 41.9 Å². The molecule has 72 heavy (non-hydrogen) atoms. The number of carbonyl (C=O) groups is 1. The summed E-state index contributed by atoms with van der Waals surface area (Å²) < 4.78 is 67.1. The van der Waals surface area contributed by atoms with Gasteiger partial charge in [-0.2, -0.15) is 0 Å². The quantitative estimate of drug-likeness (QED) is 0.0224. The lowest BCUT2D eigenvalue weighted by Crippen LogP contribution is -2.66. The second-order valence-electron chi connectivity index (χ2n) is 19.3. The third-order valence-electron chi connectivity index (χ3n) is 12.4. The molecule has 4 aromatic rings. The Labute approximate surface area is 431 Å². The third kappa shape index (κ3) is 18.2. The highest BCUT2D eigenvalue weighted by atomic mass is 31.2. The fraction of sp³-hybridized carbons (Fsp3) is 0.441. The van der Waals surface area contributed by atoms with Gasteiger partial charge in [0.25, 0.3) is 8.32 Å². The Morgan fingerprint density at radius 3 is 1.90 bits per heavy atom. The first-order chi connectivity index (χ1) is 34.6. The molecule has 0 amide bonds. The lowest BCUT2D eigenvalue weighted by molar-refractivity contribution is -0.149. The Bertz CT molecular complexity index is 2350. The standard InChI is InChI=1S/C59H79O11PSi/c1-11-66-71(61,67-12-2)44-58(60)70-55(43-64-41-48-26-30-50(62-9)31-27-48)40-47(5)39-54-38-46(4)37-53(69-54)21-19-20-52(65-42-49-28-32-51(63-10)33-29-49)36-45(3)34-35-68-72(59(6,7)8,56-22-15-13-16-23-56)57-24-17-14-18-25-57/h13-20,22-34,39,52-55H,4,11-12,21,35-38,40-44H2,1-3,5-10H3/b20-19+,45-34-,47-39+/t52?,53-,54-,55-/m1/s1. The van der Waals surface area contributed by atoms with E-state index in [1.54, 1.807) is 28.1 Å². The van der Waals surface area contributed by atoms with Crippen molar-refractivity contribution < 1.29 is 51.3 Å². The predicted octanol–water partition coefficient (Wildman–Crippen LogP) is 12.3. The van der Waals surface area contributed by atoms with E-state index in [0.29, 0.717) is 45.5 Å². The Hall–Kier alpha value is -4.88. The summed E-state index contributed by atoms with van der Waals surface area (Å²) in [5.74, 6) is 0.868. The van der Waals surface area contributed by atoms with Gasteiger partial charge in [-0.15, -0.1) is 0 Å². The highest BCUT2D eigenvalue weighted by Gasteiger charge is 2.50. The van der Waals surface area contributed by atoms with Crippen LogP contribution in [0.2, 0.25) is 5.04 Å². The Morgan fingerprint density at radius 2 is 1.36 bits per heavy atom. The number of rotatable bonds is 29. The summed E-state index contributed by atoms with van der Waals surface area (Å²) in [4.78, 5) is 13.2. The molecule has 1 fully saturated rings. The van der Waals surface area contributed by atoms with Crippen LogP contribution in [0.1, 0.15) is 91.7 Å². The molecular weight excluding hydrogens is 944 g/mol. The van der Waals surface area contributed by atoms with Crippen LogP contribution in [0.15, 0.2) is 157 Å². The summed E-state index contributed by atoms with van der Waals surface area (Å²) >= 11 is 0. The van der Waals surface area contributed by atoms with Crippen molar-refractivity contribution in [2.75, 3.05) is 46.8 Å². The van der Waals surface area contributed by atoms with Gasteiger partial charge in [-0.25, -0.2) is 0 Å². The molecule has 0 aliphatic carbocycles. The lowest BCUT2D eigenvalue weighted by atomic mass is 9.95. The summed E-state index contributed by atoms with van der Waals surface area (Å²) in [5.41, 5.74) is 5.24. The van der Waals surface area contributed by atoms with Crippen LogP contribution in [0.4, 0.5) is 0 Å². The van der Waals surface area contributed by atoms with Crippen LogP contribution >= 0.6 is 7.60 Å². The van der Waals surface area contributed by atoms with Crippen molar-refractivity contribution in [2.45, 2.75) is 123 Å². The zero-order valence-corrected chi connectivity index (χ0v) is 46.0. The first-order valence-corrected chi connectivity index (χ1v) is 28.8. The van der Waals surface area contributed by atoms with Gasteiger partial charge in [0.05, 0.1) is 72.2 Å². The first kappa shape index (κ1) is 58.0. The zero-order chi connectivity index (χ0) is 52.0. The smallest absolute Gasteiger partial charge is 0.341 e. The van der Waals surface area contributed by atoms with Crippen molar-refractivity contribution >= 4 is 32.3 Å². The van der Waals surface area contributed by atoms with Gasteiger partial charge >= 0.3 is 13.6 Å². The van der Waals surface area contributed by atoms with Crippen LogP contribution < -0.4 is 19.8 Å². The summed E-state index contributed by atoms with van der Waals surface area (Å²) in [6, 6.07) is 37.0. The minimum absolute atomic E-state index is 0.0944. The van der Waals surface area contributed by atoms with Gasteiger partial charge in [-0.3, -0.25) is 9.36 Å². The van der Waals surface area contributed by atoms with E-state index in [4.69, 9.17) is 41.9 Å². The molecule has 0 aromatic heterocycles. The summed E-state index contributed by atoms with van der Waals surface area (Å²) in [7, 11) is -3.08. The maximum Gasteiger partial charge on any atom is 0.341 e. The highest BCUT2D eigenvalue weighted by Crippen LogP contribution is 2.48. The molecule has 1 aliphatic heterocycles. The molecule has 390 valence electrons. The molecule has 0 radical (unpaired) electrons.